The number of unbranched alkanes of at least 4 members (excludes halogenated alkanes) is 1. The van der Waals surface area contributed by atoms with Gasteiger partial charge in [0, 0.05) is 29.8 Å². The van der Waals surface area contributed by atoms with Gasteiger partial charge >= 0.3 is 5.97 Å². The maximum Gasteiger partial charge on any atom is 0.306 e. The molecule has 1 fully saturated rings. The van der Waals surface area contributed by atoms with Crippen LogP contribution in [0.25, 0.3) is 0 Å². The summed E-state index contributed by atoms with van der Waals surface area (Å²) < 4.78 is 5.97. The molecule has 0 bridgehead atoms. The molecule has 3 aliphatic rings. The molecule has 0 aromatic heterocycles. The standard InChI is InChI=1S/C48H68O3S2/c1-35(19-15-21-37(3)25-27-44-39(5)31-41(49)33-47(44,7)8)17-11-12-18-36(2)20-16-22-38(4)26-28-45-40(6)32-42(34-48(45,9)10)51-46(50)24-14-13-23-43-29-30-52-53-43/h11-12,15-22,25-28,31,41-44,49H,13-14,23-24,29-30,32-34H2,1-10H3/b12-11+,19-15+,20-16+,27-25+,28-26+,35-17+,36-18+,37-21+,38-22+/t41-,42+,43+,44-/m0/s1. The quantitative estimate of drug-likeness (QED) is 0.0559. The molecule has 3 rings (SSSR count). The first-order valence-corrected chi connectivity index (χ1v) is 22.1. The van der Waals surface area contributed by atoms with Crippen molar-refractivity contribution < 1.29 is 14.6 Å². The van der Waals surface area contributed by atoms with Gasteiger partial charge in [-0.25, -0.2) is 0 Å². The third-order valence-electron chi connectivity index (χ3n) is 10.5. The maximum absolute atomic E-state index is 12.6. The number of ether oxygens (including phenoxy) is 1. The minimum atomic E-state index is -0.336. The SMILES string of the molecule is CC1=C[C@H](O)CC(C)(C)[C@H]1/C=C/C(C)=C/C=C/C(C)=C/C=C/C=C(C)/C=C/C=C(C)/C=C/C1=C(C)C[C@@H](OC(=O)CCCC[C@@H]2CCSS2)CC1(C)C. The van der Waals surface area contributed by atoms with Crippen LogP contribution in [0.2, 0.25) is 0 Å². The van der Waals surface area contributed by atoms with E-state index in [0.29, 0.717) is 12.3 Å². The van der Waals surface area contributed by atoms with Crippen molar-refractivity contribution in [2.45, 2.75) is 138 Å². The minimum absolute atomic E-state index is 0.0330. The number of hydrogen-bond donors (Lipinski definition) is 1. The number of allylic oxidation sites excluding steroid dienone is 20. The van der Waals surface area contributed by atoms with Crippen molar-refractivity contribution in [2.24, 2.45) is 16.7 Å². The molecule has 1 N–H and O–H groups in total. The van der Waals surface area contributed by atoms with Crippen molar-refractivity contribution in [1.82, 2.24) is 0 Å². The van der Waals surface area contributed by atoms with Gasteiger partial charge in [-0.3, -0.25) is 4.79 Å². The van der Waals surface area contributed by atoms with E-state index in [-0.39, 0.29) is 29.0 Å². The van der Waals surface area contributed by atoms with Crippen LogP contribution in [-0.4, -0.2) is 34.3 Å². The van der Waals surface area contributed by atoms with Gasteiger partial charge in [0.25, 0.3) is 0 Å². The average molecular weight is 757 g/mol. The van der Waals surface area contributed by atoms with E-state index in [4.69, 9.17) is 4.74 Å². The molecule has 5 heteroatoms. The highest BCUT2D eigenvalue weighted by Gasteiger charge is 2.35. The second kappa shape index (κ2) is 22.0. The second-order valence-corrected chi connectivity index (χ2v) is 19.5. The summed E-state index contributed by atoms with van der Waals surface area (Å²) in [6.07, 6.45) is 39.3. The fraction of sp³-hybridized carbons (Fsp3) is 0.521. The molecule has 0 aromatic carbocycles. The number of carbonyl (C=O) groups excluding carboxylic acids is 1. The van der Waals surface area contributed by atoms with Gasteiger partial charge in [-0.1, -0.05) is 180 Å². The van der Waals surface area contributed by atoms with E-state index in [1.165, 1.54) is 57.6 Å². The van der Waals surface area contributed by atoms with E-state index in [2.05, 4.69) is 154 Å². The summed E-state index contributed by atoms with van der Waals surface area (Å²) in [4.78, 5) is 12.6. The molecule has 0 amide bonds. The Bertz CT molecular complexity index is 1580. The average Bonchev–Trinajstić information content (AvgIpc) is 3.57. The van der Waals surface area contributed by atoms with E-state index in [1.54, 1.807) is 0 Å². The normalized spacial score (nSPS) is 26.3. The summed E-state index contributed by atoms with van der Waals surface area (Å²) >= 11 is 0. The molecule has 4 atom stereocenters. The van der Waals surface area contributed by atoms with Crippen LogP contribution in [0.4, 0.5) is 0 Å². The zero-order chi connectivity index (χ0) is 39.0. The molecular formula is C48H68O3S2. The predicted molar refractivity (Wildman–Crippen MR) is 235 cm³/mol. The largest absolute Gasteiger partial charge is 0.462 e. The highest BCUT2D eigenvalue weighted by molar-refractivity contribution is 8.77. The molecule has 1 saturated heterocycles. The van der Waals surface area contributed by atoms with E-state index in [1.807, 2.05) is 27.7 Å². The summed E-state index contributed by atoms with van der Waals surface area (Å²) in [5.74, 6) is 1.58. The molecule has 1 heterocycles. The Morgan fingerprint density at radius 3 is 2.04 bits per heavy atom. The van der Waals surface area contributed by atoms with Crippen LogP contribution in [0.15, 0.2) is 130 Å². The summed E-state index contributed by atoms with van der Waals surface area (Å²) in [6, 6.07) is 0. The van der Waals surface area contributed by atoms with Gasteiger partial charge in [-0.2, -0.15) is 0 Å². The van der Waals surface area contributed by atoms with E-state index >= 15 is 0 Å². The molecule has 2 aliphatic carbocycles. The zero-order valence-corrected chi connectivity index (χ0v) is 36.0. The number of rotatable bonds is 16. The molecule has 290 valence electrons. The lowest BCUT2D eigenvalue weighted by atomic mass is 9.67. The fourth-order valence-electron chi connectivity index (χ4n) is 7.65. The zero-order valence-electron chi connectivity index (χ0n) is 34.4. The monoisotopic (exact) mass is 756 g/mol. The van der Waals surface area contributed by atoms with E-state index in [9.17, 15) is 9.90 Å². The van der Waals surface area contributed by atoms with Gasteiger partial charge in [0.2, 0.25) is 0 Å². The fourth-order valence-corrected chi connectivity index (χ4v) is 10.7. The Morgan fingerprint density at radius 1 is 0.849 bits per heavy atom. The van der Waals surface area contributed by atoms with Crippen molar-refractivity contribution in [3.63, 3.8) is 0 Å². The van der Waals surface area contributed by atoms with Crippen LogP contribution in [0.1, 0.15) is 121 Å². The first kappa shape index (κ1) is 44.7. The molecular weight excluding hydrogens is 689 g/mol. The van der Waals surface area contributed by atoms with E-state index < -0.39 is 0 Å². The summed E-state index contributed by atoms with van der Waals surface area (Å²) in [6.45, 7) is 21.8. The Labute approximate surface area is 331 Å². The molecule has 0 saturated carbocycles. The van der Waals surface area contributed by atoms with Crippen LogP contribution in [0, 0.1) is 16.7 Å². The van der Waals surface area contributed by atoms with E-state index in [0.717, 1.165) is 37.4 Å². The molecule has 0 radical (unpaired) electrons. The number of hydrogen-bond acceptors (Lipinski definition) is 5. The van der Waals surface area contributed by atoms with Crippen molar-refractivity contribution in [3.8, 4) is 0 Å². The second-order valence-electron chi connectivity index (χ2n) is 16.8. The van der Waals surface area contributed by atoms with Crippen LogP contribution in [0.5, 0.6) is 0 Å². The summed E-state index contributed by atoms with van der Waals surface area (Å²) in [5, 5.41) is 10.9. The van der Waals surface area contributed by atoms with Crippen LogP contribution < -0.4 is 0 Å². The molecule has 0 unspecified atom stereocenters. The number of carbonyl (C=O) groups is 1. The van der Waals surface area contributed by atoms with Gasteiger partial charge < -0.3 is 9.84 Å². The highest BCUT2D eigenvalue weighted by atomic mass is 33.1. The Kier molecular flexibility index (Phi) is 18.5. The maximum atomic E-state index is 12.6. The minimum Gasteiger partial charge on any atom is -0.462 e. The van der Waals surface area contributed by atoms with Gasteiger partial charge in [0.15, 0.2) is 0 Å². The third-order valence-corrected chi connectivity index (χ3v) is 13.5. The molecule has 0 aromatic rings. The lowest BCUT2D eigenvalue weighted by molar-refractivity contribution is -0.150. The predicted octanol–water partition coefficient (Wildman–Crippen LogP) is 13.7. The van der Waals surface area contributed by atoms with Crippen molar-refractivity contribution in [1.29, 1.82) is 0 Å². The lowest BCUT2D eigenvalue weighted by Crippen LogP contribution is -2.32. The van der Waals surface area contributed by atoms with Crippen molar-refractivity contribution in [3.05, 3.63) is 130 Å². The lowest BCUT2D eigenvalue weighted by Gasteiger charge is -2.38. The first-order valence-electron chi connectivity index (χ1n) is 19.7. The highest BCUT2D eigenvalue weighted by Crippen LogP contribution is 2.43. The topological polar surface area (TPSA) is 46.5 Å². The van der Waals surface area contributed by atoms with Crippen molar-refractivity contribution in [2.75, 3.05) is 5.75 Å². The van der Waals surface area contributed by atoms with Gasteiger partial charge in [0.1, 0.15) is 6.10 Å². The first-order chi connectivity index (χ1) is 25.1. The number of aliphatic hydroxyl groups is 1. The van der Waals surface area contributed by atoms with Gasteiger partial charge in [-0.15, -0.1) is 0 Å². The summed E-state index contributed by atoms with van der Waals surface area (Å²) in [7, 11) is 4.00. The van der Waals surface area contributed by atoms with Crippen LogP contribution >= 0.6 is 21.6 Å². The third kappa shape index (κ3) is 16.3. The molecule has 1 aliphatic heterocycles. The Hall–Kier alpha value is -2.73. The van der Waals surface area contributed by atoms with Gasteiger partial charge in [-0.05, 0) is 90.0 Å². The van der Waals surface area contributed by atoms with Gasteiger partial charge in [0.05, 0.1) is 6.10 Å². The van der Waals surface area contributed by atoms with Crippen LogP contribution in [0.3, 0.4) is 0 Å². The molecule has 3 nitrogen and oxygen atoms in total. The molecule has 53 heavy (non-hydrogen) atoms. The smallest absolute Gasteiger partial charge is 0.306 e. The number of aliphatic hydroxyl groups excluding tert-OH is 1. The Morgan fingerprint density at radius 2 is 1.45 bits per heavy atom. The number of esters is 1. The van der Waals surface area contributed by atoms with Crippen LogP contribution in [-0.2, 0) is 9.53 Å². The summed E-state index contributed by atoms with van der Waals surface area (Å²) in [5.41, 5.74) is 8.68. The molecule has 0 spiro atoms. The van der Waals surface area contributed by atoms with Crippen molar-refractivity contribution >= 4 is 27.6 Å². The Balaban J connectivity index is 1.44.